The molecule has 9 heteroatoms. The summed E-state index contributed by atoms with van der Waals surface area (Å²) in [5.41, 5.74) is 5.77. The van der Waals surface area contributed by atoms with Crippen LogP contribution < -0.4 is 5.32 Å². The number of hydrogen-bond donors (Lipinski definition) is 3. The van der Waals surface area contributed by atoms with E-state index in [0.29, 0.717) is 17.3 Å². The van der Waals surface area contributed by atoms with Gasteiger partial charge in [-0.3, -0.25) is 9.89 Å². The summed E-state index contributed by atoms with van der Waals surface area (Å²) in [5, 5.41) is 20.2. The number of aryl methyl sites for hydroxylation is 1. The molecule has 4 heterocycles. The van der Waals surface area contributed by atoms with E-state index in [0.717, 1.165) is 44.3 Å². The number of aromatic nitrogens is 7. The molecule has 0 unspecified atom stereocenters. The molecule has 0 saturated carbocycles. The molecular weight excluding hydrogens is 440 g/mol. The normalized spacial score (nSPS) is 11.2. The van der Waals surface area contributed by atoms with Crippen LogP contribution in [0.3, 0.4) is 0 Å². The summed E-state index contributed by atoms with van der Waals surface area (Å²) in [6.45, 7) is 1.85. The summed E-state index contributed by atoms with van der Waals surface area (Å²) in [5.74, 6) is 1.26. The van der Waals surface area contributed by atoms with E-state index in [9.17, 15) is 4.79 Å². The Labute approximate surface area is 199 Å². The minimum atomic E-state index is -0.00381. The van der Waals surface area contributed by atoms with Crippen molar-refractivity contribution in [3.63, 3.8) is 0 Å². The van der Waals surface area contributed by atoms with Crippen molar-refractivity contribution in [3.8, 4) is 11.4 Å². The Kier molecular flexibility index (Phi) is 4.99. The quantitative estimate of drug-likeness (QED) is 0.306. The molecule has 170 valence electrons. The fraction of sp³-hybridized carbons (Fsp3) is 0.0769. The molecule has 0 fully saturated rings. The Hall–Kier alpha value is -4.92. The second-order valence-electron chi connectivity index (χ2n) is 8.29. The first-order chi connectivity index (χ1) is 17.1. The largest absolute Gasteiger partial charge is 0.352 e. The highest BCUT2D eigenvalue weighted by atomic mass is 16.1. The van der Waals surface area contributed by atoms with Gasteiger partial charge in [-0.25, -0.2) is 9.97 Å². The number of hydrogen-bond acceptors (Lipinski definition) is 7. The SMILES string of the molecule is Cc1nnccc1CC(=O)c1cc2ccc(-c3nccc(Nc4ccc5[nH]ncc5c4)n3)cc2[nH]1. The van der Waals surface area contributed by atoms with E-state index in [2.05, 4.69) is 40.7 Å². The Morgan fingerprint density at radius 3 is 2.83 bits per heavy atom. The average molecular weight is 461 g/mol. The Morgan fingerprint density at radius 2 is 1.91 bits per heavy atom. The Balaban J connectivity index is 1.25. The van der Waals surface area contributed by atoms with E-state index < -0.39 is 0 Å². The number of rotatable bonds is 6. The number of benzene rings is 2. The summed E-state index contributed by atoms with van der Waals surface area (Å²) in [6.07, 6.45) is 5.37. The molecule has 3 N–H and O–H groups in total. The molecule has 0 bridgehead atoms. The third-order valence-electron chi connectivity index (χ3n) is 5.92. The molecule has 4 aromatic heterocycles. The van der Waals surface area contributed by atoms with Gasteiger partial charge in [-0.15, -0.1) is 0 Å². The Morgan fingerprint density at radius 1 is 0.971 bits per heavy atom. The van der Waals surface area contributed by atoms with Crippen molar-refractivity contribution < 1.29 is 4.79 Å². The van der Waals surface area contributed by atoms with E-state index in [4.69, 9.17) is 0 Å². The van der Waals surface area contributed by atoms with Gasteiger partial charge in [-0.2, -0.15) is 15.3 Å². The van der Waals surface area contributed by atoms with E-state index >= 15 is 0 Å². The van der Waals surface area contributed by atoms with Crippen LogP contribution in [0.25, 0.3) is 33.2 Å². The van der Waals surface area contributed by atoms with Crippen LogP contribution in [-0.4, -0.2) is 41.1 Å². The molecule has 6 rings (SSSR count). The lowest BCUT2D eigenvalue weighted by molar-refractivity contribution is 0.0988. The van der Waals surface area contributed by atoms with Gasteiger partial charge in [0.25, 0.3) is 0 Å². The smallest absolute Gasteiger partial charge is 0.183 e. The van der Waals surface area contributed by atoms with Crippen LogP contribution >= 0.6 is 0 Å². The van der Waals surface area contributed by atoms with Crippen molar-refractivity contribution in [1.82, 2.24) is 35.3 Å². The molecular formula is C26H20N8O. The number of nitrogens with one attached hydrogen (secondary N) is 3. The molecule has 35 heavy (non-hydrogen) atoms. The van der Waals surface area contributed by atoms with Crippen molar-refractivity contribution in [3.05, 3.63) is 90.1 Å². The minimum absolute atomic E-state index is 0.00381. The first-order valence-electron chi connectivity index (χ1n) is 11.1. The highest BCUT2D eigenvalue weighted by molar-refractivity contribution is 6.01. The van der Waals surface area contributed by atoms with Crippen molar-refractivity contribution in [2.45, 2.75) is 13.3 Å². The molecule has 0 saturated heterocycles. The molecule has 0 aliphatic rings. The van der Waals surface area contributed by atoms with E-state index in [-0.39, 0.29) is 12.2 Å². The lowest BCUT2D eigenvalue weighted by Crippen LogP contribution is -2.06. The molecule has 0 radical (unpaired) electrons. The zero-order valence-corrected chi connectivity index (χ0v) is 18.8. The van der Waals surface area contributed by atoms with Gasteiger partial charge in [-0.1, -0.05) is 12.1 Å². The van der Waals surface area contributed by atoms with Gasteiger partial charge < -0.3 is 10.3 Å². The van der Waals surface area contributed by atoms with Gasteiger partial charge >= 0.3 is 0 Å². The van der Waals surface area contributed by atoms with E-state index in [1.54, 1.807) is 18.6 Å². The summed E-state index contributed by atoms with van der Waals surface area (Å²) in [6, 6.07) is 17.3. The number of carbonyl (C=O) groups excluding carboxylic acids is 1. The maximum Gasteiger partial charge on any atom is 0.183 e. The zero-order chi connectivity index (χ0) is 23.8. The first-order valence-corrected chi connectivity index (χ1v) is 11.1. The number of anilines is 2. The van der Waals surface area contributed by atoms with Crippen LogP contribution in [0.2, 0.25) is 0 Å². The highest BCUT2D eigenvalue weighted by Gasteiger charge is 2.13. The number of H-pyrrole nitrogens is 2. The molecule has 0 aliphatic carbocycles. The molecule has 0 aliphatic heterocycles. The molecule has 0 amide bonds. The molecule has 9 nitrogen and oxygen atoms in total. The van der Waals surface area contributed by atoms with Crippen molar-refractivity contribution >= 4 is 39.1 Å². The van der Waals surface area contributed by atoms with Crippen LogP contribution in [0.15, 0.2) is 73.2 Å². The number of nitrogens with zero attached hydrogens (tertiary/aromatic N) is 5. The van der Waals surface area contributed by atoms with Gasteiger partial charge in [0.2, 0.25) is 0 Å². The van der Waals surface area contributed by atoms with Gasteiger partial charge in [0.05, 0.1) is 23.1 Å². The number of Topliss-reactive ketones (excluding diaryl/α,β-unsaturated/α-hetero) is 1. The van der Waals surface area contributed by atoms with Crippen molar-refractivity contribution in [1.29, 1.82) is 0 Å². The fourth-order valence-electron chi connectivity index (χ4n) is 4.04. The number of fused-ring (bicyclic) bond motifs is 2. The van der Waals surface area contributed by atoms with Crippen LogP contribution in [0.4, 0.5) is 11.5 Å². The lowest BCUT2D eigenvalue weighted by Gasteiger charge is -2.07. The molecule has 2 aromatic carbocycles. The van der Waals surface area contributed by atoms with Gasteiger partial charge in [0.15, 0.2) is 11.6 Å². The van der Waals surface area contributed by atoms with Crippen molar-refractivity contribution in [2.75, 3.05) is 5.32 Å². The summed E-state index contributed by atoms with van der Waals surface area (Å²) in [7, 11) is 0. The standard InChI is InChI=1S/C26H20N8O/c1-15-16(6-9-28-33-15)13-24(35)23-11-17-2-3-18(12-22(17)31-23)26-27-8-7-25(32-26)30-20-4-5-21-19(10-20)14-29-34-21/h2-12,14,31H,13H2,1H3,(H,29,34)(H,27,30,32). The van der Waals surface area contributed by atoms with E-state index in [1.165, 1.54) is 0 Å². The van der Waals surface area contributed by atoms with E-state index in [1.807, 2.05) is 61.5 Å². The predicted octanol–water partition coefficient (Wildman–Crippen LogP) is 4.77. The second kappa shape index (κ2) is 8.45. The number of ketones is 1. The Bertz CT molecular complexity index is 1700. The monoisotopic (exact) mass is 460 g/mol. The maximum atomic E-state index is 12.9. The number of carbonyl (C=O) groups is 1. The molecule has 0 atom stereocenters. The minimum Gasteiger partial charge on any atom is -0.352 e. The average Bonchev–Trinajstić information content (AvgIpc) is 3.52. The summed E-state index contributed by atoms with van der Waals surface area (Å²) < 4.78 is 0. The highest BCUT2D eigenvalue weighted by Crippen LogP contribution is 2.25. The lowest BCUT2D eigenvalue weighted by atomic mass is 10.1. The third-order valence-corrected chi connectivity index (χ3v) is 5.92. The maximum absolute atomic E-state index is 12.9. The van der Waals surface area contributed by atoms with Gasteiger partial charge in [0, 0.05) is 46.4 Å². The van der Waals surface area contributed by atoms with Crippen LogP contribution in [0.1, 0.15) is 21.7 Å². The van der Waals surface area contributed by atoms with Crippen molar-refractivity contribution in [2.24, 2.45) is 0 Å². The fourth-order valence-corrected chi connectivity index (χ4v) is 4.04. The summed E-state index contributed by atoms with van der Waals surface area (Å²) in [4.78, 5) is 25.2. The van der Waals surface area contributed by atoms with Gasteiger partial charge in [0.1, 0.15) is 5.82 Å². The number of aromatic amines is 2. The predicted molar refractivity (Wildman–Crippen MR) is 134 cm³/mol. The molecule has 6 aromatic rings. The second-order valence-corrected chi connectivity index (χ2v) is 8.29. The topological polar surface area (TPSA) is 125 Å². The first kappa shape index (κ1) is 20.7. The van der Waals surface area contributed by atoms with Gasteiger partial charge in [-0.05, 0) is 55.0 Å². The van der Waals surface area contributed by atoms with Crippen LogP contribution in [-0.2, 0) is 6.42 Å². The summed E-state index contributed by atoms with van der Waals surface area (Å²) >= 11 is 0. The zero-order valence-electron chi connectivity index (χ0n) is 18.8. The van der Waals surface area contributed by atoms with Crippen LogP contribution in [0, 0.1) is 6.92 Å². The third kappa shape index (κ3) is 4.10. The molecule has 0 spiro atoms. The van der Waals surface area contributed by atoms with Crippen LogP contribution in [0.5, 0.6) is 0 Å².